The van der Waals surface area contributed by atoms with Crippen molar-refractivity contribution in [2.24, 2.45) is 5.92 Å². The Balaban J connectivity index is 1.27. The van der Waals surface area contributed by atoms with Gasteiger partial charge in [0.2, 0.25) is 5.91 Å². The SMILES string of the molecule is O=C(C1CC1)N(Cc1cccnc1)c1ccc(Oc2ccc(Oc3cccs3)cc2)cc1. The molecule has 2 aromatic carbocycles. The van der Waals surface area contributed by atoms with Gasteiger partial charge in [-0.15, -0.1) is 11.3 Å². The molecule has 0 radical (unpaired) electrons. The number of hydrogen-bond donors (Lipinski definition) is 0. The van der Waals surface area contributed by atoms with Gasteiger partial charge in [-0.1, -0.05) is 6.07 Å². The van der Waals surface area contributed by atoms with Gasteiger partial charge in [0.25, 0.3) is 0 Å². The minimum atomic E-state index is 0.137. The van der Waals surface area contributed by atoms with Crippen LogP contribution in [0.25, 0.3) is 0 Å². The van der Waals surface area contributed by atoms with E-state index in [4.69, 9.17) is 9.47 Å². The Morgan fingerprint density at radius 3 is 2.19 bits per heavy atom. The lowest BCUT2D eigenvalue weighted by Crippen LogP contribution is -2.31. The lowest BCUT2D eigenvalue weighted by molar-refractivity contribution is -0.119. The molecule has 0 aliphatic heterocycles. The van der Waals surface area contributed by atoms with Gasteiger partial charge in [0.1, 0.15) is 17.2 Å². The molecule has 32 heavy (non-hydrogen) atoms. The highest BCUT2D eigenvalue weighted by atomic mass is 32.1. The third-order valence-corrected chi connectivity index (χ3v) is 5.92. The summed E-state index contributed by atoms with van der Waals surface area (Å²) in [6, 6.07) is 22.9. The van der Waals surface area contributed by atoms with Crippen molar-refractivity contribution in [1.82, 2.24) is 4.98 Å². The average Bonchev–Trinajstić information content (AvgIpc) is 3.56. The number of nitrogens with zero attached hydrogens (tertiary/aromatic N) is 2. The zero-order valence-corrected chi connectivity index (χ0v) is 18.2. The summed E-state index contributed by atoms with van der Waals surface area (Å²) in [6.45, 7) is 0.509. The number of amides is 1. The number of ether oxygens (including phenoxy) is 2. The van der Waals surface area contributed by atoms with E-state index in [2.05, 4.69) is 4.98 Å². The summed E-state index contributed by atoms with van der Waals surface area (Å²) in [7, 11) is 0. The topological polar surface area (TPSA) is 51.7 Å². The Morgan fingerprint density at radius 1 is 0.906 bits per heavy atom. The quantitative estimate of drug-likeness (QED) is 0.306. The minimum Gasteiger partial charge on any atom is -0.457 e. The van der Waals surface area contributed by atoms with Crippen molar-refractivity contribution in [2.45, 2.75) is 19.4 Å². The Morgan fingerprint density at radius 2 is 1.59 bits per heavy atom. The number of rotatable bonds is 8. The number of anilines is 1. The molecule has 1 aliphatic carbocycles. The largest absolute Gasteiger partial charge is 0.457 e. The minimum absolute atomic E-state index is 0.137. The molecule has 1 aliphatic rings. The summed E-state index contributed by atoms with van der Waals surface area (Å²) in [5.41, 5.74) is 1.87. The van der Waals surface area contributed by atoms with Crippen LogP contribution in [0.5, 0.6) is 22.3 Å². The Labute approximate surface area is 190 Å². The van der Waals surface area contributed by atoms with E-state index in [-0.39, 0.29) is 11.8 Å². The Kier molecular flexibility index (Phi) is 5.85. The molecule has 0 spiro atoms. The molecule has 1 fully saturated rings. The normalized spacial score (nSPS) is 12.9. The smallest absolute Gasteiger partial charge is 0.230 e. The van der Waals surface area contributed by atoms with E-state index in [0.717, 1.165) is 40.7 Å². The first-order valence-electron chi connectivity index (χ1n) is 10.5. The number of aromatic nitrogens is 1. The van der Waals surface area contributed by atoms with E-state index >= 15 is 0 Å². The number of carbonyl (C=O) groups is 1. The second-order valence-corrected chi connectivity index (χ2v) is 8.57. The third kappa shape index (κ3) is 4.98. The maximum Gasteiger partial charge on any atom is 0.230 e. The van der Waals surface area contributed by atoms with E-state index in [1.165, 1.54) is 0 Å². The zero-order valence-electron chi connectivity index (χ0n) is 17.4. The van der Waals surface area contributed by atoms with Crippen LogP contribution < -0.4 is 14.4 Å². The van der Waals surface area contributed by atoms with Crippen molar-refractivity contribution < 1.29 is 14.3 Å². The molecule has 0 saturated heterocycles. The van der Waals surface area contributed by atoms with Crippen LogP contribution in [-0.2, 0) is 11.3 Å². The molecule has 1 amide bonds. The van der Waals surface area contributed by atoms with Crippen LogP contribution in [0.3, 0.4) is 0 Å². The van der Waals surface area contributed by atoms with Gasteiger partial charge in [0.15, 0.2) is 5.06 Å². The third-order valence-electron chi connectivity index (χ3n) is 5.18. The maximum absolute atomic E-state index is 12.9. The van der Waals surface area contributed by atoms with E-state index in [9.17, 15) is 4.79 Å². The van der Waals surface area contributed by atoms with Crippen molar-refractivity contribution in [3.8, 4) is 22.3 Å². The van der Waals surface area contributed by atoms with Gasteiger partial charge in [-0.05, 0) is 90.5 Å². The molecule has 4 aromatic rings. The van der Waals surface area contributed by atoms with Crippen LogP contribution in [0.1, 0.15) is 18.4 Å². The summed E-state index contributed by atoms with van der Waals surface area (Å²) in [6.07, 6.45) is 5.48. The van der Waals surface area contributed by atoms with Crippen LogP contribution in [0, 0.1) is 5.92 Å². The summed E-state index contributed by atoms with van der Waals surface area (Å²) in [5.74, 6) is 2.50. The van der Waals surface area contributed by atoms with Crippen molar-refractivity contribution in [3.05, 3.63) is 96.1 Å². The van der Waals surface area contributed by atoms with Crippen LogP contribution in [0.2, 0.25) is 0 Å². The molecule has 0 unspecified atom stereocenters. The first-order chi connectivity index (χ1) is 15.7. The van der Waals surface area contributed by atoms with Gasteiger partial charge in [0.05, 0.1) is 6.54 Å². The van der Waals surface area contributed by atoms with Crippen molar-refractivity contribution in [1.29, 1.82) is 0 Å². The van der Waals surface area contributed by atoms with Crippen LogP contribution in [0.15, 0.2) is 90.6 Å². The van der Waals surface area contributed by atoms with Gasteiger partial charge in [-0.2, -0.15) is 0 Å². The first-order valence-corrected chi connectivity index (χ1v) is 11.4. The predicted octanol–water partition coefficient (Wildman–Crippen LogP) is 6.67. The fourth-order valence-electron chi connectivity index (χ4n) is 3.36. The second kappa shape index (κ2) is 9.24. The first kappa shape index (κ1) is 20.3. The van der Waals surface area contributed by atoms with E-state index in [1.54, 1.807) is 23.7 Å². The number of carbonyl (C=O) groups excluding carboxylic acids is 1. The fourth-order valence-corrected chi connectivity index (χ4v) is 3.96. The summed E-state index contributed by atoms with van der Waals surface area (Å²) in [5, 5.41) is 2.83. The highest BCUT2D eigenvalue weighted by Crippen LogP contribution is 2.34. The van der Waals surface area contributed by atoms with E-state index in [0.29, 0.717) is 12.3 Å². The molecule has 2 aromatic heterocycles. The second-order valence-electron chi connectivity index (χ2n) is 7.66. The predicted molar refractivity (Wildman–Crippen MR) is 126 cm³/mol. The molecule has 6 heteroatoms. The standard InChI is InChI=1S/C26H22N2O3S/c29-26(20-5-6-20)28(18-19-3-1-15-27-17-19)21-7-9-22(10-8-21)30-23-11-13-24(14-12-23)31-25-4-2-16-32-25/h1-4,7-17,20H,5-6,18H2. The molecule has 5 rings (SSSR count). The highest BCUT2D eigenvalue weighted by molar-refractivity contribution is 7.11. The van der Waals surface area contributed by atoms with Gasteiger partial charge in [-0.3, -0.25) is 9.78 Å². The Bertz CT molecular complexity index is 1160. The Hall–Kier alpha value is -3.64. The zero-order chi connectivity index (χ0) is 21.8. The van der Waals surface area contributed by atoms with Crippen molar-refractivity contribution >= 4 is 22.9 Å². The van der Waals surface area contributed by atoms with E-state index in [1.807, 2.05) is 83.1 Å². The van der Waals surface area contributed by atoms with Crippen molar-refractivity contribution in [3.63, 3.8) is 0 Å². The average molecular weight is 443 g/mol. The summed E-state index contributed by atoms with van der Waals surface area (Å²) in [4.78, 5) is 18.9. The number of thiophene rings is 1. The van der Waals surface area contributed by atoms with Gasteiger partial charge in [0, 0.05) is 24.0 Å². The molecule has 0 N–H and O–H groups in total. The van der Waals surface area contributed by atoms with Crippen molar-refractivity contribution in [2.75, 3.05) is 4.90 Å². The molecule has 5 nitrogen and oxygen atoms in total. The lowest BCUT2D eigenvalue weighted by Gasteiger charge is -2.23. The number of benzene rings is 2. The van der Waals surface area contributed by atoms with Gasteiger partial charge >= 0.3 is 0 Å². The molecule has 0 bridgehead atoms. The maximum atomic E-state index is 12.9. The molecule has 1 saturated carbocycles. The van der Waals surface area contributed by atoms with Gasteiger partial charge < -0.3 is 14.4 Å². The van der Waals surface area contributed by atoms with E-state index < -0.39 is 0 Å². The number of hydrogen-bond acceptors (Lipinski definition) is 5. The molecule has 0 atom stereocenters. The molecule has 2 heterocycles. The monoisotopic (exact) mass is 442 g/mol. The van der Waals surface area contributed by atoms with Crippen LogP contribution in [0.4, 0.5) is 5.69 Å². The summed E-state index contributed by atoms with van der Waals surface area (Å²) < 4.78 is 11.8. The van der Waals surface area contributed by atoms with Crippen LogP contribution in [-0.4, -0.2) is 10.9 Å². The lowest BCUT2D eigenvalue weighted by atomic mass is 10.2. The van der Waals surface area contributed by atoms with Crippen LogP contribution >= 0.6 is 11.3 Å². The fraction of sp³-hybridized carbons (Fsp3) is 0.154. The van der Waals surface area contributed by atoms with Gasteiger partial charge in [-0.25, -0.2) is 0 Å². The molecular weight excluding hydrogens is 420 g/mol. The molecular formula is C26H22N2O3S. The summed E-state index contributed by atoms with van der Waals surface area (Å²) >= 11 is 1.55. The number of pyridine rings is 1. The highest BCUT2D eigenvalue weighted by Gasteiger charge is 2.34. The molecule has 160 valence electrons.